The van der Waals surface area contributed by atoms with Gasteiger partial charge in [-0.2, -0.15) is 5.26 Å². The number of rotatable bonds is 6. The zero-order valence-electron chi connectivity index (χ0n) is 11.1. The number of hydrogen-bond acceptors (Lipinski definition) is 4. The van der Waals surface area contributed by atoms with E-state index in [1.54, 1.807) is 12.1 Å². The molecule has 1 unspecified atom stereocenters. The minimum absolute atomic E-state index is 0.304. The first kappa shape index (κ1) is 13.9. The van der Waals surface area contributed by atoms with Crippen LogP contribution >= 0.6 is 0 Å². The molecule has 4 nitrogen and oxygen atoms in total. The molecule has 1 aliphatic rings. The highest BCUT2D eigenvalue weighted by atomic mass is 16.5. The van der Waals surface area contributed by atoms with Crippen molar-refractivity contribution in [3.63, 3.8) is 0 Å². The van der Waals surface area contributed by atoms with E-state index in [0.29, 0.717) is 24.7 Å². The number of benzene rings is 1. The summed E-state index contributed by atoms with van der Waals surface area (Å²) in [6.07, 6.45) is 2.09. The van der Waals surface area contributed by atoms with Crippen LogP contribution < -0.4 is 4.74 Å². The third kappa shape index (κ3) is 4.23. The maximum atomic E-state index is 9.07. The summed E-state index contributed by atoms with van der Waals surface area (Å²) in [5, 5.41) is 17.8. The Morgan fingerprint density at radius 2 is 2.16 bits per heavy atom. The van der Waals surface area contributed by atoms with Gasteiger partial charge in [-0.15, -0.1) is 0 Å². The van der Waals surface area contributed by atoms with Crippen LogP contribution in [0.4, 0.5) is 0 Å². The molecule has 1 atom stereocenters. The van der Waals surface area contributed by atoms with Crippen molar-refractivity contribution in [2.75, 3.05) is 32.8 Å². The second kappa shape index (κ2) is 7.13. The van der Waals surface area contributed by atoms with Crippen LogP contribution in [0.15, 0.2) is 24.3 Å². The standard InChI is InChI=1S/C15H20N2O2/c16-10-13-2-4-15(5-3-13)19-9-1-7-17-8-6-14(11-17)12-18/h2-5,14,18H,1,6-9,11-12H2. The van der Waals surface area contributed by atoms with E-state index < -0.39 is 0 Å². The Kier molecular flexibility index (Phi) is 5.20. The number of nitrogens with zero attached hydrogens (tertiary/aromatic N) is 2. The van der Waals surface area contributed by atoms with Crippen molar-refractivity contribution < 1.29 is 9.84 Å². The molecule has 2 rings (SSSR count). The summed E-state index contributed by atoms with van der Waals surface area (Å²) in [4.78, 5) is 2.38. The molecule has 1 fully saturated rings. The Labute approximate surface area is 114 Å². The first-order valence-corrected chi connectivity index (χ1v) is 6.78. The van der Waals surface area contributed by atoms with Crippen molar-refractivity contribution in [1.82, 2.24) is 4.90 Å². The van der Waals surface area contributed by atoms with Gasteiger partial charge in [0.25, 0.3) is 0 Å². The summed E-state index contributed by atoms with van der Waals surface area (Å²) in [6.45, 7) is 4.10. The van der Waals surface area contributed by atoms with Gasteiger partial charge < -0.3 is 14.7 Å². The number of nitriles is 1. The molecule has 1 aromatic carbocycles. The Hall–Kier alpha value is -1.57. The molecule has 0 aliphatic carbocycles. The molecule has 1 saturated heterocycles. The van der Waals surface area contributed by atoms with E-state index in [1.807, 2.05) is 12.1 Å². The zero-order valence-corrected chi connectivity index (χ0v) is 11.1. The lowest BCUT2D eigenvalue weighted by atomic mass is 10.1. The smallest absolute Gasteiger partial charge is 0.119 e. The van der Waals surface area contributed by atoms with Gasteiger partial charge in [0.1, 0.15) is 5.75 Å². The Morgan fingerprint density at radius 1 is 1.37 bits per heavy atom. The molecule has 1 N–H and O–H groups in total. The van der Waals surface area contributed by atoms with Crippen molar-refractivity contribution in [2.24, 2.45) is 5.92 Å². The van der Waals surface area contributed by atoms with Gasteiger partial charge >= 0.3 is 0 Å². The molecule has 1 heterocycles. The van der Waals surface area contributed by atoms with Gasteiger partial charge in [0, 0.05) is 19.7 Å². The number of aliphatic hydroxyl groups excluding tert-OH is 1. The normalized spacial score (nSPS) is 19.3. The first-order valence-electron chi connectivity index (χ1n) is 6.78. The predicted molar refractivity (Wildman–Crippen MR) is 72.9 cm³/mol. The van der Waals surface area contributed by atoms with Gasteiger partial charge in [-0.1, -0.05) is 0 Å². The predicted octanol–water partition coefficient (Wildman–Crippen LogP) is 1.64. The van der Waals surface area contributed by atoms with Crippen LogP contribution in [0.25, 0.3) is 0 Å². The van der Waals surface area contributed by atoms with Crippen LogP contribution in [0.3, 0.4) is 0 Å². The summed E-state index contributed by atoms with van der Waals surface area (Å²) in [5.74, 6) is 1.27. The molecule has 1 aliphatic heterocycles. The van der Waals surface area contributed by atoms with Gasteiger partial charge in [0.15, 0.2) is 0 Å². The second-order valence-electron chi connectivity index (χ2n) is 4.98. The molecule has 19 heavy (non-hydrogen) atoms. The molecule has 0 aromatic heterocycles. The maximum absolute atomic E-state index is 9.07. The molecule has 0 bridgehead atoms. The summed E-state index contributed by atoms with van der Waals surface area (Å²) in [6, 6.07) is 9.28. The van der Waals surface area contributed by atoms with E-state index in [1.165, 1.54) is 0 Å². The lowest BCUT2D eigenvalue weighted by Crippen LogP contribution is -2.24. The molecule has 1 aromatic rings. The van der Waals surface area contributed by atoms with E-state index in [-0.39, 0.29) is 0 Å². The fraction of sp³-hybridized carbons (Fsp3) is 0.533. The van der Waals surface area contributed by atoms with E-state index in [0.717, 1.165) is 38.2 Å². The van der Waals surface area contributed by atoms with Crippen molar-refractivity contribution in [1.29, 1.82) is 5.26 Å². The maximum Gasteiger partial charge on any atom is 0.119 e. The number of aliphatic hydroxyl groups is 1. The van der Waals surface area contributed by atoms with E-state index in [2.05, 4.69) is 11.0 Å². The highest BCUT2D eigenvalue weighted by Crippen LogP contribution is 2.16. The third-order valence-electron chi connectivity index (χ3n) is 3.50. The minimum Gasteiger partial charge on any atom is -0.494 e. The highest BCUT2D eigenvalue weighted by Gasteiger charge is 2.20. The molecule has 102 valence electrons. The van der Waals surface area contributed by atoms with E-state index in [9.17, 15) is 0 Å². The molecule has 0 radical (unpaired) electrons. The van der Waals surface area contributed by atoms with Crippen LogP contribution in [0, 0.1) is 17.2 Å². The molecule has 4 heteroatoms. The summed E-state index contributed by atoms with van der Waals surface area (Å²) >= 11 is 0. The third-order valence-corrected chi connectivity index (χ3v) is 3.50. The quantitative estimate of drug-likeness (QED) is 0.790. The first-order chi connectivity index (χ1) is 9.31. The summed E-state index contributed by atoms with van der Waals surface area (Å²) < 4.78 is 5.63. The SMILES string of the molecule is N#Cc1ccc(OCCCN2CCC(CO)C2)cc1. The highest BCUT2D eigenvalue weighted by molar-refractivity contribution is 5.34. The Balaban J connectivity index is 1.63. The monoisotopic (exact) mass is 260 g/mol. The average Bonchev–Trinajstić information content (AvgIpc) is 2.92. The Morgan fingerprint density at radius 3 is 2.79 bits per heavy atom. The van der Waals surface area contributed by atoms with Crippen molar-refractivity contribution in [3.8, 4) is 11.8 Å². The Bertz CT molecular complexity index is 425. The van der Waals surface area contributed by atoms with Gasteiger partial charge in [-0.25, -0.2) is 0 Å². The second-order valence-corrected chi connectivity index (χ2v) is 4.98. The number of hydrogen-bond donors (Lipinski definition) is 1. The average molecular weight is 260 g/mol. The minimum atomic E-state index is 0.304. The van der Waals surface area contributed by atoms with E-state index >= 15 is 0 Å². The molecule has 0 spiro atoms. The number of ether oxygens (including phenoxy) is 1. The van der Waals surface area contributed by atoms with Crippen molar-refractivity contribution in [2.45, 2.75) is 12.8 Å². The van der Waals surface area contributed by atoms with Crippen LogP contribution in [0.1, 0.15) is 18.4 Å². The number of likely N-dealkylation sites (tertiary alicyclic amines) is 1. The van der Waals surface area contributed by atoms with Crippen molar-refractivity contribution >= 4 is 0 Å². The molecular formula is C15H20N2O2. The van der Waals surface area contributed by atoms with E-state index in [4.69, 9.17) is 15.1 Å². The molecular weight excluding hydrogens is 240 g/mol. The van der Waals surface area contributed by atoms with Crippen LogP contribution in [-0.2, 0) is 0 Å². The van der Waals surface area contributed by atoms with Crippen LogP contribution in [0.2, 0.25) is 0 Å². The van der Waals surface area contributed by atoms with Gasteiger partial charge in [-0.3, -0.25) is 0 Å². The lowest BCUT2D eigenvalue weighted by Gasteiger charge is -2.15. The van der Waals surface area contributed by atoms with Crippen molar-refractivity contribution in [3.05, 3.63) is 29.8 Å². The van der Waals surface area contributed by atoms with Crippen LogP contribution in [-0.4, -0.2) is 42.9 Å². The fourth-order valence-electron chi connectivity index (χ4n) is 2.37. The zero-order chi connectivity index (χ0) is 13.5. The molecule has 0 amide bonds. The van der Waals surface area contributed by atoms with Gasteiger partial charge in [-0.05, 0) is 49.6 Å². The fourth-order valence-corrected chi connectivity index (χ4v) is 2.37. The lowest BCUT2D eigenvalue weighted by molar-refractivity contribution is 0.215. The summed E-state index contributed by atoms with van der Waals surface area (Å²) in [5.41, 5.74) is 0.652. The van der Waals surface area contributed by atoms with Gasteiger partial charge in [0.05, 0.1) is 18.2 Å². The molecule has 0 saturated carbocycles. The summed E-state index contributed by atoms with van der Waals surface area (Å²) in [7, 11) is 0. The topological polar surface area (TPSA) is 56.5 Å². The van der Waals surface area contributed by atoms with Gasteiger partial charge in [0.2, 0.25) is 0 Å². The largest absolute Gasteiger partial charge is 0.494 e. The van der Waals surface area contributed by atoms with Crippen LogP contribution in [0.5, 0.6) is 5.75 Å².